The number of anilines is 1. The number of carbonyl (C=O) groups excluding carboxylic acids is 1. The molecule has 1 fully saturated rings. The van der Waals surface area contributed by atoms with Gasteiger partial charge in [-0.15, -0.1) is 0 Å². The second-order valence-electron chi connectivity index (χ2n) is 9.76. The van der Waals surface area contributed by atoms with Gasteiger partial charge >= 0.3 is 11.9 Å². The van der Waals surface area contributed by atoms with Gasteiger partial charge in [-0.3, -0.25) is 4.98 Å². The van der Waals surface area contributed by atoms with Gasteiger partial charge in [-0.05, 0) is 42.9 Å². The van der Waals surface area contributed by atoms with Crippen molar-refractivity contribution in [2.75, 3.05) is 45.3 Å². The van der Waals surface area contributed by atoms with E-state index in [0.717, 1.165) is 42.5 Å². The summed E-state index contributed by atoms with van der Waals surface area (Å²) in [4.78, 5) is 18.5. The molecule has 2 heterocycles. The summed E-state index contributed by atoms with van der Waals surface area (Å²) in [5.74, 6) is -4.33. The van der Waals surface area contributed by atoms with Crippen LogP contribution in [0.2, 0.25) is 0 Å². The number of fused-ring (bicyclic) bond motifs is 1. The highest BCUT2D eigenvalue weighted by Crippen LogP contribution is 2.37. The van der Waals surface area contributed by atoms with Crippen molar-refractivity contribution in [2.45, 2.75) is 31.8 Å². The van der Waals surface area contributed by atoms with Crippen molar-refractivity contribution in [1.82, 2.24) is 14.4 Å². The molecule has 13 heteroatoms. The first-order valence-electron chi connectivity index (χ1n) is 13.2. The third-order valence-corrected chi connectivity index (χ3v) is 8.13. The number of halogens is 2. The fourth-order valence-electron chi connectivity index (χ4n) is 4.73. The molecule has 2 N–H and O–H groups in total. The number of carbonyl (C=O) groups is 1. The van der Waals surface area contributed by atoms with Gasteiger partial charge in [0.25, 0.3) is 10.2 Å². The Morgan fingerprint density at radius 3 is 2.41 bits per heavy atom. The lowest BCUT2D eigenvalue weighted by molar-refractivity contribution is -0.172. The Morgan fingerprint density at radius 1 is 1.05 bits per heavy atom. The molecule has 4 rings (SSSR count). The van der Waals surface area contributed by atoms with Crippen LogP contribution in [0.4, 0.5) is 14.5 Å². The summed E-state index contributed by atoms with van der Waals surface area (Å²) in [6.07, 6.45) is 3.96. The number of pyridine rings is 1. The van der Waals surface area contributed by atoms with Gasteiger partial charge in [0.1, 0.15) is 6.61 Å². The average molecular weight is 593 g/mol. The summed E-state index contributed by atoms with van der Waals surface area (Å²) in [5, 5.41) is 0.947. The minimum Gasteiger partial charge on any atom is -0.493 e. The number of nitrogens with zero attached hydrogens (tertiary/aromatic N) is 2. The third-order valence-electron chi connectivity index (χ3n) is 7.02. The molecular weight excluding hydrogens is 558 g/mol. The lowest BCUT2D eigenvalue weighted by Gasteiger charge is -2.34. The van der Waals surface area contributed by atoms with Crippen molar-refractivity contribution >= 4 is 32.8 Å². The van der Waals surface area contributed by atoms with E-state index in [-0.39, 0.29) is 19.1 Å². The third kappa shape index (κ3) is 8.02. The summed E-state index contributed by atoms with van der Waals surface area (Å²) >= 11 is 0. The molecule has 1 saturated heterocycles. The van der Waals surface area contributed by atoms with E-state index in [1.54, 1.807) is 55.5 Å². The molecule has 222 valence electrons. The molecule has 0 bridgehead atoms. The molecule has 0 radical (unpaired) electrons. The number of benzene rings is 2. The standard InChI is InChI=1S/C28H34F2N4O6S/c1-38-25-16-22-23(17-26(25)39-2)31-12-9-24(22)34-14-10-20(11-15-34)8-13-32-41(36,37)33-19-28(29,30)27(35)40-18-21-6-4-3-5-7-21/h3-7,9,12,16-17,20,32-33H,8,10-11,13-15,18-19H2,1-2H3. The monoisotopic (exact) mass is 592 g/mol. The SMILES string of the molecule is COc1cc2nccc(N3CCC(CCNS(=O)(=O)NCC(F)(F)C(=O)OCc4ccccc4)CC3)c2cc1OC. The van der Waals surface area contributed by atoms with E-state index in [9.17, 15) is 22.0 Å². The van der Waals surface area contributed by atoms with E-state index < -0.39 is 28.6 Å². The number of nitrogens with one attached hydrogen (secondary N) is 2. The van der Waals surface area contributed by atoms with E-state index in [4.69, 9.17) is 9.47 Å². The van der Waals surface area contributed by atoms with Gasteiger partial charge in [-0.25, -0.2) is 9.52 Å². The number of esters is 1. The molecule has 3 aromatic rings. The smallest absolute Gasteiger partial charge is 0.378 e. The van der Waals surface area contributed by atoms with Crippen LogP contribution in [0.5, 0.6) is 11.5 Å². The summed E-state index contributed by atoms with van der Waals surface area (Å²) < 4.78 is 72.3. The van der Waals surface area contributed by atoms with Crippen molar-refractivity contribution in [3.8, 4) is 11.5 Å². The van der Waals surface area contributed by atoms with Crippen molar-refractivity contribution in [2.24, 2.45) is 5.92 Å². The zero-order chi connectivity index (χ0) is 29.5. The number of aromatic nitrogens is 1. The first kappa shape index (κ1) is 30.4. The summed E-state index contributed by atoms with van der Waals surface area (Å²) in [6, 6.07) is 14.1. The van der Waals surface area contributed by atoms with Gasteiger partial charge in [-0.1, -0.05) is 30.3 Å². The highest BCUT2D eigenvalue weighted by molar-refractivity contribution is 7.87. The molecule has 2 aromatic carbocycles. The number of hydrogen-bond acceptors (Lipinski definition) is 8. The van der Waals surface area contributed by atoms with Crippen LogP contribution in [-0.2, 0) is 26.3 Å². The molecular formula is C28H34F2N4O6S. The first-order valence-corrected chi connectivity index (χ1v) is 14.7. The predicted molar refractivity (Wildman–Crippen MR) is 151 cm³/mol. The number of piperidine rings is 1. The zero-order valence-electron chi connectivity index (χ0n) is 22.9. The summed E-state index contributed by atoms with van der Waals surface area (Å²) in [7, 11) is -1.07. The Kier molecular flexibility index (Phi) is 9.94. The van der Waals surface area contributed by atoms with Crippen molar-refractivity contribution in [3.63, 3.8) is 0 Å². The highest BCUT2D eigenvalue weighted by Gasteiger charge is 2.41. The van der Waals surface area contributed by atoms with Crippen molar-refractivity contribution in [3.05, 3.63) is 60.3 Å². The maximum Gasteiger partial charge on any atom is 0.378 e. The number of alkyl halides is 2. The summed E-state index contributed by atoms with van der Waals surface area (Å²) in [5.41, 5.74) is 2.36. The van der Waals surface area contributed by atoms with Crippen LogP contribution in [0.15, 0.2) is 54.7 Å². The van der Waals surface area contributed by atoms with E-state index in [0.29, 0.717) is 23.5 Å². The van der Waals surface area contributed by atoms with Crippen LogP contribution >= 0.6 is 0 Å². The molecule has 0 atom stereocenters. The van der Waals surface area contributed by atoms with Crippen molar-refractivity contribution < 1.29 is 36.2 Å². The zero-order valence-corrected chi connectivity index (χ0v) is 23.8. The van der Waals surface area contributed by atoms with Crippen LogP contribution < -0.4 is 23.8 Å². The van der Waals surface area contributed by atoms with Gasteiger partial charge in [0.15, 0.2) is 11.5 Å². The molecule has 0 spiro atoms. The molecule has 0 unspecified atom stereocenters. The largest absolute Gasteiger partial charge is 0.493 e. The number of ether oxygens (including phenoxy) is 3. The maximum absolute atomic E-state index is 14.2. The second-order valence-corrected chi connectivity index (χ2v) is 11.3. The van der Waals surface area contributed by atoms with Crippen LogP contribution in [0.1, 0.15) is 24.8 Å². The Bertz CT molecular complexity index is 1430. The van der Waals surface area contributed by atoms with Crippen LogP contribution in [-0.4, -0.2) is 65.7 Å². The molecule has 41 heavy (non-hydrogen) atoms. The lowest BCUT2D eigenvalue weighted by atomic mass is 9.93. The Hall–Kier alpha value is -3.55. The lowest BCUT2D eigenvalue weighted by Crippen LogP contribution is -2.47. The molecule has 1 aromatic heterocycles. The minimum absolute atomic E-state index is 0.0825. The fourth-order valence-corrected chi connectivity index (χ4v) is 5.59. The number of hydrogen-bond donors (Lipinski definition) is 2. The Labute approximate surface area is 238 Å². The predicted octanol–water partition coefficient (Wildman–Crippen LogP) is 3.66. The Morgan fingerprint density at radius 2 is 1.73 bits per heavy atom. The van der Waals surface area contributed by atoms with Gasteiger partial charge in [0.05, 0.1) is 26.3 Å². The average Bonchev–Trinajstić information content (AvgIpc) is 2.98. The molecule has 1 aliphatic rings. The van der Waals surface area contributed by atoms with Gasteiger partial charge < -0.3 is 19.1 Å². The van der Waals surface area contributed by atoms with Gasteiger partial charge in [0.2, 0.25) is 0 Å². The van der Waals surface area contributed by atoms with E-state index in [1.807, 2.05) is 18.2 Å². The fraction of sp³-hybridized carbons (Fsp3) is 0.429. The molecule has 0 saturated carbocycles. The molecule has 10 nitrogen and oxygen atoms in total. The molecule has 0 amide bonds. The molecule has 0 aliphatic carbocycles. The maximum atomic E-state index is 14.2. The van der Waals surface area contributed by atoms with E-state index in [2.05, 4.69) is 19.3 Å². The second kappa shape index (κ2) is 13.4. The number of rotatable bonds is 13. The van der Waals surface area contributed by atoms with Gasteiger partial charge in [0, 0.05) is 43.0 Å². The molecule has 1 aliphatic heterocycles. The van der Waals surface area contributed by atoms with Crippen LogP contribution in [0.3, 0.4) is 0 Å². The van der Waals surface area contributed by atoms with Gasteiger partial charge in [-0.2, -0.15) is 21.9 Å². The van der Waals surface area contributed by atoms with Crippen LogP contribution in [0.25, 0.3) is 10.9 Å². The highest BCUT2D eigenvalue weighted by atomic mass is 32.2. The minimum atomic E-state index is -4.23. The summed E-state index contributed by atoms with van der Waals surface area (Å²) in [6.45, 7) is -0.121. The first-order chi connectivity index (χ1) is 19.6. The van der Waals surface area contributed by atoms with E-state index in [1.165, 1.54) is 0 Å². The van der Waals surface area contributed by atoms with E-state index >= 15 is 0 Å². The van der Waals surface area contributed by atoms with Crippen molar-refractivity contribution in [1.29, 1.82) is 0 Å². The normalized spacial score (nSPS) is 14.7. The Balaban J connectivity index is 1.22. The quantitative estimate of drug-likeness (QED) is 0.289. The topological polar surface area (TPSA) is 119 Å². The number of methoxy groups -OCH3 is 2. The van der Waals surface area contributed by atoms with Crippen LogP contribution in [0, 0.1) is 5.92 Å².